The van der Waals surface area contributed by atoms with E-state index < -0.39 is 0 Å². The van der Waals surface area contributed by atoms with E-state index in [4.69, 9.17) is 4.74 Å². The van der Waals surface area contributed by atoms with Crippen molar-refractivity contribution >= 4 is 6.47 Å². The number of hydrogen-bond donors (Lipinski definition) is 0. The first-order chi connectivity index (χ1) is 6.05. The zero-order valence-corrected chi connectivity index (χ0v) is 8.20. The predicted octanol–water partition coefficient (Wildman–Crippen LogP) is 2.52. The van der Waals surface area contributed by atoms with E-state index in [2.05, 4.69) is 20.8 Å². The molecule has 2 heteroatoms. The van der Waals surface area contributed by atoms with Gasteiger partial charge in [-0.25, -0.2) is 0 Å². The van der Waals surface area contributed by atoms with Gasteiger partial charge in [0.25, 0.3) is 6.47 Å². The Labute approximate surface area is 78.5 Å². The zero-order chi connectivity index (χ0) is 9.90. The molecule has 0 radical (unpaired) electrons. The van der Waals surface area contributed by atoms with Crippen molar-refractivity contribution in [3.63, 3.8) is 0 Å². The number of benzene rings is 1. The van der Waals surface area contributed by atoms with E-state index in [9.17, 15) is 4.79 Å². The topological polar surface area (TPSA) is 26.3 Å². The average molecular weight is 178 g/mol. The Balaban J connectivity index is 3.11. The summed E-state index contributed by atoms with van der Waals surface area (Å²) in [4.78, 5) is 10.2. The van der Waals surface area contributed by atoms with Gasteiger partial charge in [-0.2, -0.15) is 0 Å². The van der Waals surface area contributed by atoms with Crippen LogP contribution in [-0.2, 0) is 10.2 Å². The molecule has 2 nitrogen and oxygen atoms in total. The molecule has 0 unspecified atom stereocenters. The molecule has 0 aliphatic rings. The van der Waals surface area contributed by atoms with Crippen LogP contribution >= 0.6 is 0 Å². The summed E-state index contributed by atoms with van der Waals surface area (Å²) in [6.45, 7) is 6.71. The van der Waals surface area contributed by atoms with Crippen LogP contribution in [0.4, 0.5) is 0 Å². The summed E-state index contributed by atoms with van der Waals surface area (Å²) in [6.07, 6.45) is 0. The Bertz CT molecular complexity index is 297. The molecule has 0 N–H and O–H groups in total. The molecular formula is C11H14O2. The highest BCUT2D eigenvalue weighted by Gasteiger charge is 2.17. The first-order valence-electron chi connectivity index (χ1n) is 4.25. The van der Waals surface area contributed by atoms with Crippen LogP contribution in [0.5, 0.6) is 5.75 Å². The van der Waals surface area contributed by atoms with Gasteiger partial charge in [0.15, 0.2) is 0 Å². The highest BCUT2D eigenvalue weighted by Crippen LogP contribution is 2.30. The molecular weight excluding hydrogens is 164 g/mol. The Morgan fingerprint density at radius 3 is 2.38 bits per heavy atom. The van der Waals surface area contributed by atoms with Crippen LogP contribution in [0.1, 0.15) is 26.3 Å². The molecule has 0 aliphatic heterocycles. The third-order valence-electron chi connectivity index (χ3n) is 1.87. The molecule has 0 saturated carbocycles. The Hall–Kier alpha value is -1.31. The average Bonchev–Trinajstić information content (AvgIpc) is 2.04. The summed E-state index contributed by atoms with van der Waals surface area (Å²) in [5.41, 5.74) is 1.04. The van der Waals surface area contributed by atoms with Crippen molar-refractivity contribution in [2.45, 2.75) is 26.2 Å². The highest BCUT2D eigenvalue weighted by atomic mass is 16.5. The van der Waals surface area contributed by atoms with Crippen molar-refractivity contribution in [2.24, 2.45) is 0 Å². The Morgan fingerprint density at radius 1 is 1.23 bits per heavy atom. The lowest BCUT2D eigenvalue weighted by Gasteiger charge is -2.20. The molecule has 1 aromatic carbocycles. The molecule has 1 rings (SSSR count). The highest BCUT2D eigenvalue weighted by molar-refractivity contribution is 5.49. The quantitative estimate of drug-likeness (QED) is 0.650. The third-order valence-corrected chi connectivity index (χ3v) is 1.87. The van der Waals surface area contributed by atoms with Gasteiger partial charge in [-0.15, -0.1) is 0 Å². The molecule has 0 spiro atoms. The fourth-order valence-electron chi connectivity index (χ4n) is 1.24. The maximum Gasteiger partial charge on any atom is 0.298 e. The fraction of sp³-hybridized carbons (Fsp3) is 0.364. The lowest BCUT2D eigenvalue weighted by Crippen LogP contribution is -2.12. The van der Waals surface area contributed by atoms with E-state index in [1.165, 1.54) is 0 Å². The molecule has 0 aromatic heterocycles. The van der Waals surface area contributed by atoms with Gasteiger partial charge in [-0.05, 0) is 11.5 Å². The lowest BCUT2D eigenvalue weighted by molar-refractivity contribution is -0.120. The minimum absolute atomic E-state index is 0.000394. The monoisotopic (exact) mass is 178 g/mol. The molecule has 0 saturated heterocycles. The normalized spacial score (nSPS) is 11.0. The van der Waals surface area contributed by atoms with Gasteiger partial charge in [0.1, 0.15) is 5.75 Å². The number of hydrogen-bond acceptors (Lipinski definition) is 2. The van der Waals surface area contributed by atoms with Crippen molar-refractivity contribution in [2.75, 3.05) is 0 Å². The van der Waals surface area contributed by atoms with E-state index >= 15 is 0 Å². The second-order valence-corrected chi connectivity index (χ2v) is 3.96. The van der Waals surface area contributed by atoms with Crippen molar-refractivity contribution in [1.29, 1.82) is 0 Å². The van der Waals surface area contributed by atoms with Crippen molar-refractivity contribution in [3.8, 4) is 5.75 Å². The molecule has 0 amide bonds. The number of para-hydroxylation sites is 1. The van der Waals surface area contributed by atoms with E-state index in [1.54, 1.807) is 6.07 Å². The fourth-order valence-corrected chi connectivity index (χ4v) is 1.24. The molecule has 0 fully saturated rings. The van der Waals surface area contributed by atoms with Gasteiger partial charge in [0.05, 0.1) is 0 Å². The van der Waals surface area contributed by atoms with Crippen LogP contribution in [-0.4, -0.2) is 6.47 Å². The third kappa shape index (κ3) is 2.31. The summed E-state index contributed by atoms with van der Waals surface area (Å²) in [7, 11) is 0. The molecule has 0 heterocycles. The van der Waals surface area contributed by atoms with Crippen LogP contribution in [0, 0.1) is 0 Å². The second-order valence-electron chi connectivity index (χ2n) is 3.96. The summed E-state index contributed by atoms with van der Waals surface area (Å²) >= 11 is 0. The van der Waals surface area contributed by atoms with Crippen LogP contribution < -0.4 is 4.74 Å². The van der Waals surface area contributed by atoms with E-state index in [-0.39, 0.29) is 5.41 Å². The smallest absolute Gasteiger partial charge is 0.298 e. The molecule has 0 bridgehead atoms. The zero-order valence-electron chi connectivity index (χ0n) is 8.20. The summed E-state index contributed by atoms with van der Waals surface area (Å²) in [6, 6.07) is 7.57. The maximum atomic E-state index is 10.2. The van der Waals surface area contributed by atoms with E-state index in [1.807, 2.05) is 18.2 Å². The summed E-state index contributed by atoms with van der Waals surface area (Å²) in [5, 5.41) is 0. The van der Waals surface area contributed by atoms with Gasteiger partial charge in [-0.3, -0.25) is 4.79 Å². The Kier molecular flexibility index (Phi) is 2.71. The van der Waals surface area contributed by atoms with Gasteiger partial charge in [0, 0.05) is 5.56 Å². The minimum atomic E-state index is -0.000394. The largest absolute Gasteiger partial charge is 0.428 e. The molecule has 1 aromatic rings. The van der Waals surface area contributed by atoms with Crippen LogP contribution in [0.25, 0.3) is 0 Å². The SMILES string of the molecule is CC(C)(C)c1ccccc1OC=O. The summed E-state index contributed by atoms with van der Waals surface area (Å²) < 4.78 is 4.88. The van der Waals surface area contributed by atoms with Crippen molar-refractivity contribution in [3.05, 3.63) is 29.8 Å². The number of ether oxygens (including phenoxy) is 1. The van der Waals surface area contributed by atoms with E-state index in [0.29, 0.717) is 12.2 Å². The van der Waals surface area contributed by atoms with Crippen LogP contribution in [0.15, 0.2) is 24.3 Å². The van der Waals surface area contributed by atoms with E-state index in [0.717, 1.165) is 5.56 Å². The van der Waals surface area contributed by atoms with Crippen molar-refractivity contribution in [1.82, 2.24) is 0 Å². The first kappa shape index (κ1) is 9.78. The maximum absolute atomic E-state index is 10.2. The molecule has 13 heavy (non-hydrogen) atoms. The van der Waals surface area contributed by atoms with Gasteiger partial charge in [0.2, 0.25) is 0 Å². The number of carbonyl (C=O) groups is 1. The van der Waals surface area contributed by atoms with Crippen molar-refractivity contribution < 1.29 is 9.53 Å². The molecule has 0 atom stereocenters. The van der Waals surface area contributed by atoms with Gasteiger partial charge in [-0.1, -0.05) is 39.0 Å². The second kappa shape index (κ2) is 3.60. The van der Waals surface area contributed by atoms with Crippen LogP contribution in [0.3, 0.4) is 0 Å². The molecule has 70 valence electrons. The lowest BCUT2D eigenvalue weighted by atomic mass is 9.86. The predicted molar refractivity (Wildman–Crippen MR) is 51.8 cm³/mol. The Morgan fingerprint density at radius 2 is 1.85 bits per heavy atom. The first-order valence-corrected chi connectivity index (χ1v) is 4.25. The summed E-state index contributed by atoms with van der Waals surface area (Å²) in [5.74, 6) is 0.644. The number of carbonyl (C=O) groups excluding carboxylic acids is 1. The minimum Gasteiger partial charge on any atom is -0.428 e. The van der Waals surface area contributed by atoms with Crippen LogP contribution in [0.2, 0.25) is 0 Å². The number of rotatable bonds is 2. The van der Waals surface area contributed by atoms with Gasteiger partial charge < -0.3 is 4.74 Å². The molecule has 0 aliphatic carbocycles. The standard InChI is InChI=1S/C11H14O2/c1-11(2,3)9-6-4-5-7-10(9)13-8-12/h4-8H,1-3H3. The van der Waals surface area contributed by atoms with Gasteiger partial charge >= 0.3 is 0 Å².